The molecule has 0 unspecified atom stereocenters. The first-order valence-corrected chi connectivity index (χ1v) is 4.55. The molecule has 0 heterocycles. The first-order chi connectivity index (χ1) is 6.44. The van der Waals surface area contributed by atoms with E-state index in [0.717, 1.165) is 4.90 Å². The van der Waals surface area contributed by atoms with E-state index < -0.39 is 18.8 Å². The molecule has 1 aliphatic rings. The molecule has 3 nitrogen and oxygen atoms in total. The molecule has 1 rings (SSSR count). The van der Waals surface area contributed by atoms with Crippen LogP contribution in [-0.4, -0.2) is 36.2 Å². The largest absolute Gasteiger partial charge is 0.406 e. The third-order valence-electron chi connectivity index (χ3n) is 1.93. The number of amides is 2. The van der Waals surface area contributed by atoms with E-state index in [1.54, 1.807) is 6.92 Å². The van der Waals surface area contributed by atoms with Gasteiger partial charge in [-0.3, -0.25) is 0 Å². The van der Waals surface area contributed by atoms with Gasteiger partial charge in [0.05, 0.1) is 0 Å². The van der Waals surface area contributed by atoms with Crippen molar-refractivity contribution in [1.82, 2.24) is 10.2 Å². The Balaban J connectivity index is 2.51. The SMILES string of the molecule is CCNC(=O)N(CC(F)(F)F)C1CC1. The predicted octanol–water partition coefficient (Wildman–Crippen LogP) is 1.74. The predicted molar refractivity (Wildman–Crippen MR) is 44.9 cm³/mol. The summed E-state index contributed by atoms with van der Waals surface area (Å²) in [5.74, 6) is 0. The molecule has 1 N–H and O–H groups in total. The highest BCUT2D eigenvalue weighted by Crippen LogP contribution is 2.29. The molecule has 0 spiro atoms. The lowest BCUT2D eigenvalue weighted by atomic mass is 10.4. The van der Waals surface area contributed by atoms with Gasteiger partial charge in [-0.05, 0) is 19.8 Å². The van der Waals surface area contributed by atoms with E-state index >= 15 is 0 Å². The molecule has 0 aromatic rings. The summed E-state index contributed by atoms with van der Waals surface area (Å²) >= 11 is 0. The Labute approximate surface area is 80.3 Å². The third-order valence-corrected chi connectivity index (χ3v) is 1.93. The first kappa shape index (κ1) is 11.1. The summed E-state index contributed by atoms with van der Waals surface area (Å²) < 4.78 is 36.2. The number of hydrogen-bond acceptors (Lipinski definition) is 1. The van der Waals surface area contributed by atoms with Gasteiger partial charge in [-0.2, -0.15) is 13.2 Å². The van der Waals surface area contributed by atoms with Crippen LogP contribution in [0.2, 0.25) is 0 Å². The highest BCUT2D eigenvalue weighted by atomic mass is 19.4. The zero-order valence-corrected chi connectivity index (χ0v) is 7.90. The molecule has 0 radical (unpaired) electrons. The Kier molecular flexibility index (Phi) is 3.23. The van der Waals surface area contributed by atoms with Crippen LogP contribution < -0.4 is 5.32 Å². The highest BCUT2D eigenvalue weighted by Gasteiger charge is 2.40. The Bertz CT molecular complexity index is 213. The molecule has 1 aliphatic carbocycles. The van der Waals surface area contributed by atoms with Crippen molar-refractivity contribution in [2.45, 2.75) is 32.0 Å². The van der Waals surface area contributed by atoms with Gasteiger partial charge in [-0.15, -0.1) is 0 Å². The Morgan fingerprint density at radius 1 is 1.50 bits per heavy atom. The number of carbonyl (C=O) groups excluding carboxylic acids is 1. The Morgan fingerprint density at radius 3 is 2.43 bits per heavy atom. The second kappa shape index (κ2) is 4.06. The summed E-state index contributed by atoms with van der Waals surface area (Å²) in [5.41, 5.74) is 0. The van der Waals surface area contributed by atoms with E-state index in [-0.39, 0.29) is 6.04 Å². The molecule has 0 atom stereocenters. The van der Waals surface area contributed by atoms with Gasteiger partial charge in [-0.1, -0.05) is 0 Å². The summed E-state index contributed by atoms with van der Waals surface area (Å²) in [6.07, 6.45) is -2.96. The van der Waals surface area contributed by atoms with Crippen LogP contribution in [0.25, 0.3) is 0 Å². The van der Waals surface area contributed by atoms with Crippen LogP contribution in [0.15, 0.2) is 0 Å². The van der Waals surface area contributed by atoms with E-state index in [9.17, 15) is 18.0 Å². The van der Waals surface area contributed by atoms with Crippen LogP contribution in [0.4, 0.5) is 18.0 Å². The van der Waals surface area contributed by atoms with Gasteiger partial charge in [0.2, 0.25) is 0 Å². The monoisotopic (exact) mass is 210 g/mol. The normalized spacial score (nSPS) is 16.6. The number of nitrogens with zero attached hydrogens (tertiary/aromatic N) is 1. The lowest BCUT2D eigenvalue weighted by Crippen LogP contribution is -2.45. The van der Waals surface area contributed by atoms with Gasteiger partial charge >= 0.3 is 12.2 Å². The number of urea groups is 1. The van der Waals surface area contributed by atoms with Crippen LogP contribution in [-0.2, 0) is 0 Å². The van der Waals surface area contributed by atoms with Crippen molar-refractivity contribution in [3.8, 4) is 0 Å². The van der Waals surface area contributed by atoms with Gasteiger partial charge in [0, 0.05) is 12.6 Å². The van der Waals surface area contributed by atoms with E-state index in [0.29, 0.717) is 19.4 Å². The van der Waals surface area contributed by atoms with E-state index in [1.165, 1.54) is 0 Å². The minimum absolute atomic E-state index is 0.219. The standard InChI is InChI=1S/C8H13F3N2O/c1-2-12-7(14)13(6-3-4-6)5-8(9,10)11/h6H,2-5H2,1H3,(H,12,14). The summed E-state index contributed by atoms with van der Waals surface area (Å²) in [7, 11) is 0. The van der Waals surface area contributed by atoms with Crippen molar-refractivity contribution in [3.05, 3.63) is 0 Å². The minimum atomic E-state index is -4.31. The smallest absolute Gasteiger partial charge is 0.338 e. The van der Waals surface area contributed by atoms with Crippen LogP contribution in [0.3, 0.4) is 0 Å². The van der Waals surface area contributed by atoms with Crippen molar-refractivity contribution in [1.29, 1.82) is 0 Å². The number of halogens is 3. The van der Waals surface area contributed by atoms with Crippen molar-refractivity contribution in [2.75, 3.05) is 13.1 Å². The molecule has 2 amide bonds. The lowest BCUT2D eigenvalue weighted by Gasteiger charge is -2.23. The number of rotatable bonds is 3. The molecule has 0 bridgehead atoms. The van der Waals surface area contributed by atoms with Gasteiger partial charge < -0.3 is 10.2 Å². The summed E-state index contributed by atoms with van der Waals surface area (Å²) in [6.45, 7) is 0.875. The van der Waals surface area contributed by atoms with Crippen LogP contribution in [0.5, 0.6) is 0 Å². The molecule has 0 saturated heterocycles. The summed E-state index contributed by atoms with van der Waals surface area (Å²) in [5, 5.41) is 2.38. The van der Waals surface area contributed by atoms with Crippen LogP contribution in [0, 0.1) is 0 Å². The summed E-state index contributed by atoms with van der Waals surface area (Å²) in [6, 6.07) is -0.838. The second-order valence-electron chi connectivity index (χ2n) is 3.31. The first-order valence-electron chi connectivity index (χ1n) is 4.55. The average molecular weight is 210 g/mol. The fourth-order valence-corrected chi connectivity index (χ4v) is 1.20. The fourth-order valence-electron chi connectivity index (χ4n) is 1.20. The Morgan fingerprint density at radius 2 is 2.07 bits per heavy atom. The number of nitrogens with one attached hydrogen (secondary N) is 1. The van der Waals surface area contributed by atoms with E-state index in [1.807, 2.05) is 0 Å². The molecule has 0 aliphatic heterocycles. The van der Waals surface area contributed by atoms with Gasteiger partial charge in [0.15, 0.2) is 0 Å². The van der Waals surface area contributed by atoms with E-state index in [4.69, 9.17) is 0 Å². The van der Waals surface area contributed by atoms with Crippen molar-refractivity contribution in [3.63, 3.8) is 0 Å². The molecule has 6 heteroatoms. The van der Waals surface area contributed by atoms with Crippen molar-refractivity contribution >= 4 is 6.03 Å². The minimum Gasteiger partial charge on any atom is -0.338 e. The molecular weight excluding hydrogens is 197 g/mol. The molecule has 1 fully saturated rings. The molecule has 0 aromatic heterocycles. The van der Waals surface area contributed by atoms with E-state index in [2.05, 4.69) is 5.32 Å². The molecule has 1 saturated carbocycles. The number of alkyl halides is 3. The topological polar surface area (TPSA) is 32.3 Å². The quantitative estimate of drug-likeness (QED) is 0.756. The summed E-state index contributed by atoms with van der Waals surface area (Å²) in [4.78, 5) is 12.1. The van der Waals surface area contributed by atoms with Crippen molar-refractivity contribution in [2.24, 2.45) is 0 Å². The highest BCUT2D eigenvalue weighted by molar-refractivity contribution is 5.74. The average Bonchev–Trinajstić information content (AvgIpc) is 2.81. The molecular formula is C8H13F3N2O. The van der Waals surface area contributed by atoms with Crippen LogP contribution in [0.1, 0.15) is 19.8 Å². The second-order valence-corrected chi connectivity index (χ2v) is 3.31. The van der Waals surface area contributed by atoms with Gasteiger partial charge in [0.25, 0.3) is 0 Å². The molecule has 82 valence electrons. The zero-order valence-electron chi connectivity index (χ0n) is 7.90. The maximum Gasteiger partial charge on any atom is 0.406 e. The molecule has 0 aromatic carbocycles. The molecule has 14 heavy (non-hydrogen) atoms. The Hall–Kier alpha value is -0.940. The fraction of sp³-hybridized carbons (Fsp3) is 0.875. The maximum atomic E-state index is 12.1. The zero-order chi connectivity index (χ0) is 10.8. The lowest BCUT2D eigenvalue weighted by molar-refractivity contribution is -0.140. The van der Waals surface area contributed by atoms with Crippen molar-refractivity contribution < 1.29 is 18.0 Å². The number of hydrogen-bond donors (Lipinski definition) is 1. The third kappa shape index (κ3) is 3.43. The van der Waals surface area contributed by atoms with Gasteiger partial charge in [0.1, 0.15) is 6.54 Å². The van der Waals surface area contributed by atoms with Gasteiger partial charge in [-0.25, -0.2) is 4.79 Å². The van der Waals surface area contributed by atoms with Crippen LogP contribution >= 0.6 is 0 Å². The number of carbonyl (C=O) groups is 1. The maximum absolute atomic E-state index is 12.1.